The van der Waals surface area contributed by atoms with Crippen LogP contribution in [0.25, 0.3) is 0 Å². The van der Waals surface area contributed by atoms with Crippen LogP contribution in [0.1, 0.15) is 32.3 Å². The molecule has 1 aliphatic heterocycles. The smallest absolute Gasteiger partial charge is 0.224 e. The van der Waals surface area contributed by atoms with Crippen molar-refractivity contribution in [2.45, 2.75) is 38.1 Å². The molecule has 1 aromatic rings. The maximum atomic E-state index is 12.0. The maximum absolute atomic E-state index is 12.0. The number of nitrogens with two attached hydrogens (primary N) is 1. The molecule has 2 rings (SSSR count). The van der Waals surface area contributed by atoms with E-state index in [1.165, 1.54) is 5.56 Å². The molecule has 0 saturated carbocycles. The first-order valence-corrected chi connectivity index (χ1v) is 6.60. The number of amides is 1. The highest BCUT2D eigenvalue weighted by atomic mass is 35.5. The van der Waals surface area contributed by atoms with Crippen molar-refractivity contribution in [2.75, 3.05) is 13.1 Å². The van der Waals surface area contributed by atoms with Gasteiger partial charge >= 0.3 is 0 Å². The minimum absolute atomic E-state index is 0. The summed E-state index contributed by atoms with van der Waals surface area (Å²) in [6, 6.07) is 10.4. The fourth-order valence-electron chi connectivity index (χ4n) is 2.65. The quantitative estimate of drug-likeness (QED) is 0.925. The molecule has 1 heterocycles. The van der Waals surface area contributed by atoms with Gasteiger partial charge in [-0.25, -0.2) is 0 Å². The Morgan fingerprint density at radius 3 is 2.63 bits per heavy atom. The second-order valence-corrected chi connectivity index (χ2v) is 5.67. The Morgan fingerprint density at radius 2 is 2.05 bits per heavy atom. The number of likely N-dealkylation sites (tertiary alicyclic amines) is 1. The molecular formula is C15H23ClN2O. The summed E-state index contributed by atoms with van der Waals surface area (Å²) in [4.78, 5) is 14.0. The van der Waals surface area contributed by atoms with Gasteiger partial charge in [0.25, 0.3) is 0 Å². The van der Waals surface area contributed by atoms with Crippen molar-refractivity contribution in [3.05, 3.63) is 35.9 Å². The largest absolute Gasteiger partial charge is 0.342 e. The molecule has 1 fully saturated rings. The molecule has 4 heteroatoms. The van der Waals surface area contributed by atoms with Crippen LogP contribution in [-0.2, 0) is 10.2 Å². The molecular weight excluding hydrogens is 260 g/mol. The summed E-state index contributed by atoms with van der Waals surface area (Å²) in [5.74, 6) is 0.185. The Bertz CT molecular complexity index is 421. The summed E-state index contributed by atoms with van der Waals surface area (Å²) in [5.41, 5.74) is 7.10. The van der Waals surface area contributed by atoms with E-state index in [-0.39, 0.29) is 29.8 Å². The first-order valence-electron chi connectivity index (χ1n) is 6.60. The van der Waals surface area contributed by atoms with Crippen LogP contribution in [0.5, 0.6) is 0 Å². The molecule has 1 amide bonds. The molecule has 106 valence electrons. The Labute approximate surface area is 121 Å². The SMILES string of the molecule is CC(N)CC(=O)N1CCC(C)(c2ccccc2)C1.Cl. The van der Waals surface area contributed by atoms with Crippen molar-refractivity contribution in [2.24, 2.45) is 5.73 Å². The van der Waals surface area contributed by atoms with E-state index in [0.29, 0.717) is 6.42 Å². The van der Waals surface area contributed by atoms with E-state index in [0.717, 1.165) is 19.5 Å². The fraction of sp³-hybridized carbons (Fsp3) is 0.533. The zero-order valence-electron chi connectivity index (χ0n) is 11.6. The van der Waals surface area contributed by atoms with Crippen LogP contribution in [0, 0.1) is 0 Å². The lowest BCUT2D eigenvalue weighted by atomic mass is 9.82. The molecule has 1 saturated heterocycles. The standard InChI is InChI=1S/C15H22N2O.ClH/c1-12(16)10-14(18)17-9-8-15(2,11-17)13-6-4-3-5-7-13;/h3-7,12H,8-11,16H2,1-2H3;1H. The summed E-state index contributed by atoms with van der Waals surface area (Å²) < 4.78 is 0. The van der Waals surface area contributed by atoms with Crippen LogP contribution in [0.15, 0.2) is 30.3 Å². The van der Waals surface area contributed by atoms with Gasteiger partial charge in [-0.2, -0.15) is 0 Å². The topological polar surface area (TPSA) is 46.3 Å². The van der Waals surface area contributed by atoms with Gasteiger partial charge in [0.05, 0.1) is 0 Å². The molecule has 1 aliphatic rings. The van der Waals surface area contributed by atoms with Crippen molar-refractivity contribution in [1.29, 1.82) is 0 Å². The van der Waals surface area contributed by atoms with Gasteiger partial charge in [-0.05, 0) is 18.9 Å². The molecule has 0 aliphatic carbocycles. The number of nitrogens with zero attached hydrogens (tertiary/aromatic N) is 1. The Balaban J connectivity index is 0.00000180. The highest BCUT2D eigenvalue weighted by molar-refractivity contribution is 5.85. The van der Waals surface area contributed by atoms with E-state index in [2.05, 4.69) is 31.2 Å². The lowest BCUT2D eigenvalue weighted by Gasteiger charge is -2.25. The number of carbonyl (C=O) groups is 1. The summed E-state index contributed by atoms with van der Waals surface area (Å²) in [5, 5.41) is 0. The summed E-state index contributed by atoms with van der Waals surface area (Å²) in [6.45, 7) is 5.77. The van der Waals surface area contributed by atoms with Crippen LogP contribution >= 0.6 is 12.4 Å². The number of benzene rings is 1. The van der Waals surface area contributed by atoms with Crippen molar-refractivity contribution in [3.63, 3.8) is 0 Å². The molecule has 1 aromatic carbocycles. The van der Waals surface area contributed by atoms with Crippen LogP contribution in [0.4, 0.5) is 0 Å². The zero-order valence-corrected chi connectivity index (χ0v) is 12.5. The van der Waals surface area contributed by atoms with Gasteiger partial charge in [-0.15, -0.1) is 12.4 Å². The van der Waals surface area contributed by atoms with Gasteiger partial charge in [0.2, 0.25) is 5.91 Å². The van der Waals surface area contributed by atoms with Crippen LogP contribution < -0.4 is 5.73 Å². The monoisotopic (exact) mass is 282 g/mol. The number of rotatable bonds is 3. The third-order valence-corrected chi connectivity index (χ3v) is 3.79. The molecule has 0 aromatic heterocycles. The normalized spacial score (nSPS) is 23.8. The Morgan fingerprint density at radius 1 is 1.42 bits per heavy atom. The fourth-order valence-corrected chi connectivity index (χ4v) is 2.65. The lowest BCUT2D eigenvalue weighted by Crippen LogP contribution is -2.35. The van der Waals surface area contributed by atoms with Gasteiger partial charge in [0.15, 0.2) is 0 Å². The first-order chi connectivity index (χ1) is 8.51. The van der Waals surface area contributed by atoms with E-state index in [1.54, 1.807) is 0 Å². The third-order valence-electron chi connectivity index (χ3n) is 3.79. The van der Waals surface area contributed by atoms with Crippen molar-refractivity contribution in [3.8, 4) is 0 Å². The molecule has 19 heavy (non-hydrogen) atoms. The van der Waals surface area contributed by atoms with Gasteiger partial charge in [0, 0.05) is 31.0 Å². The van der Waals surface area contributed by atoms with Crippen molar-refractivity contribution >= 4 is 18.3 Å². The second kappa shape index (κ2) is 6.40. The number of carbonyl (C=O) groups excluding carboxylic acids is 1. The zero-order chi connectivity index (χ0) is 13.2. The maximum Gasteiger partial charge on any atom is 0.224 e. The minimum atomic E-state index is -0.0546. The number of hydrogen-bond donors (Lipinski definition) is 1. The van der Waals surface area contributed by atoms with Gasteiger partial charge in [-0.1, -0.05) is 37.3 Å². The summed E-state index contributed by atoms with van der Waals surface area (Å²) >= 11 is 0. The van der Waals surface area contributed by atoms with Crippen molar-refractivity contribution < 1.29 is 4.79 Å². The van der Waals surface area contributed by atoms with E-state index < -0.39 is 0 Å². The molecule has 0 bridgehead atoms. The van der Waals surface area contributed by atoms with E-state index in [9.17, 15) is 4.79 Å². The van der Waals surface area contributed by atoms with Crippen molar-refractivity contribution in [1.82, 2.24) is 4.90 Å². The van der Waals surface area contributed by atoms with E-state index in [1.807, 2.05) is 17.9 Å². The Kier molecular flexibility index (Phi) is 5.39. The predicted molar refractivity (Wildman–Crippen MR) is 80.5 cm³/mol. The highest BCUT2D eigenvalue weighted by Crippen LogP contribution is 2.34. The average Bonchev–Trinajstić information content (AvgIpc) is 2.74. The molecule has 0 spiro atoms. The van der Waals surface area contributed by atoms with Gasteiger partial charge < -0.3 is 10.6 Å². The number of halogens is 1. The van der Waals surface area contributed by atoms with Gasteiger partial charge in [0.1, 0.15) is 0 Å². The van der Waals surface area contributed by atoms with Crippen LogP contribution in [0.2, 0.25) is 0 Å². The second-order valence-electron chi connectivity index (χ2n) is 5.67. The molecule has 0 radical (unpaired) electrons. The summed E-state index contributed by atoms with van der Waals surface area (Å²) in [7, 11) is 0. The number of hydrogen-bond acceptors (Lipinski definition) is 2. The Hall–Kier alpha value is -1.06. The van der Waals surface area contributed by atoms with E-state index >= 15 is 0 Å². The summed E-state index contributed by atoms with van der Waals surface area (Å²) in [6.07, 6.45) is 1.48. The van der Waals surface area contributed by atoms with Crippen LogP contribution in [0.3, 0.4) is 0 Å². The predicted octanol–water partition coefficient (Wildman–Crippen LogP) is 2.34. The average molecular weight is 283 g/mol. The highest BCUT2D eigenvalue weighted by Gasteiger charge is 2.37. The third kappa shape index (κ3) is 3.71. The molecule has 2 atom stereocenters. The molecule has 2 N–H and O–H groups in total. The lowest BCUT2D eigenvalue weighted by molar-refractivity contribution is -0.130. The molecule has 2 unspecified atom stereocenters. The molecule has 3 nitrogen and oxygen atoms in total. The minimum Gasteiger partial charge on any atom is -0.342 e. The van der Waals surface area contributed by atoms with E-state index in [4.69, 9.17) is 5.73 Å². The first kappa shape index (κ1) is 16.0. The van der Waals surface area contributed by atoms with Crippen LogP contribution in [-0.4, -0.2) is 29.9 Å². The van der Waals surface area contributed by atoms with Gasteiger partial charge in [-0.3, -0.25) is 4.79 Å².